The Bertz CT molecular complexity index is 836. The second kappa shape index (κ2) is 6.53. The summed E-state index contributed by atoms with van der Waals surface area (Å²) < 4.78 is 2.30. The standard InChI is InChI=1S/C19H23N5S2/c1-22(2)15-10-8-14(9-11-15)18-23-16(12-25-18)26-19-21-20-17(24(19)23)13-6-4-3-5-7-13/h8-13,18H,3-7H2,1-2H3. The highest BCUT2D eigenvalue weighted by molar-refractivity contribution is 8.07. The van der Waals surface area contributed by atoms with Crippen LogP contribution in [0.4, 0.5) is 5.69 Å². The summed E-state index contributed by atoms with van der Waals surface area (Å²) in [6.07, 6.45) is 6.47. The third-order valence-electron chi connectivity index (χ3n) is 5.46. The van der Waals surface area contributed by atoms with Gasteiger partial charge in [-0.2, -0.15) is 0 Å². The molecule has 0 N–H and O–H groups in total. The first-order chi connectivity index (χ1) is 12.7. The van der Waals surface area contributed by atoms with Crippen molar-refractivity contribution in [3.63, 3.8) is 0 Å². The van der Waals surface area contributed by atoms with Crippen LogP contribution in [0, 0.1) is 0 Å². The third kappa shape index (κ3) is 2.63. The highest BCUT2D eigenvalue weighted by atomic mass is 32.2. The Hall–Kier alpha value is -1.60. The Kier molecular flexibility index (Phi) is 4.16. The molecule has 1 saturated carbocycles. The molecule has 1 aliphatic carbocycles. The average molecular weight is 386 g/mol. The number of benzene rings is 1. The van der Waals surface area contributed by atoms with Crippen LogP contribution in [0.1, 0.15) is 54.8 Å². The van der Waals surface area contributed by atoms with E-state index in [4.69, 9.17) is 0 Å². The minimum atomic E-state index is 0.258. The SMILES string of the molecule is CN(C)c1ccc(C2SC=C3Sc4nnc(C5CCCCC5)n4N32)cc1. The second-order valence-corrected chi connectivity index (χ2v) is 9.31. The lowest BCUT2D eigenvalue weighted by Crippen LogP contribution is -2.31. The van der Waals surface area contributed by atoms with Gasteiger partial charge in [-0.05, 0) is 42.3 Å². The first-order valence-corrected chi connectivity index (χ1v) is 11.0. The molecule has 1 aromatic carbocycles. The van der Waals surface area contributed by atoms with E-state index >= 15 is 0 Å². The highest BCUT2D eigenvalue weighted by Gasteiger charge is 2.40. The van der Waals surface area contributed by atoms with Gasteiger partial charge in [0.1, 0.15) is 10.4 Å². The molecule has 1 fully saturated rings. The Balaban J connectivity index is 1.48. The largest absolute Gasteiger partial charge is 0.378 e. The van der Waals surface area contributed by atoms with E-state index in [1.165, 1.54) is 48.4 Å². The first kappa shape index (κ1) is 16.6. The Labute approximate surface area is 162 Å². The highest BCUT2D eigenvalue weighted by Crippen LogP contribution is 2.52. The van der Waals surface area contributed by atoms with Gasteiger partial charge in [0, 0.05) is 31.1 Å². The van der Waals surface area contributed by atoms with Gasteiger partial charge in [-0.25, -0.2) is 4.68 Å². The van der Waals surface area contributed by atoms with E-state index in [9.17, 15) is 0 Å². The lowest BCUT2D eigenvalue weighted by atomic mass is 9.89. The summed E-state index contributed by atoms with van der Waals surface area (Å²) in [5.41, 5.74) is 2.55. The van der Waals surface area contributed by atoms with Crippen LogP contribution in [0.5, 0.6) is 0 Å². The summed E-state index contributed by atoms with van der Waals surface area (Å²) in [7, 11) is 4.16. The van der Waals surface area contributed by atoms with Crippen molar-refractivity contribution in [3.8, 4) is 0 Å². The number of hydrogen-bond acceptors (Lipinski definition) is 6. The van der Waals surface area contributed by atoms with Gasteiger partial charge >= 0.3 is 0 Å². The first-order valence-electron chi connectivity index (χ1n) is 9.28. The zero-order chi connectivity index (χ0) is 17.7. The molecular weight excluding hydrogens is 362 g/mol. The zero-order valence-electron chi connectivity index (χ0n) is 15.1. The minimum Gasteiger partial charge on any atom is -0.378 e. The van der Waals surface area contributed by atoms with E-state index in [0.717, 1.165) is 11.0 Å². The van der Waals surface area contributed by atoms with Gasteiger partial charge < -0.3 is 4.90 Å². The normalized spacial score (nSPS) is 22.3. The van der Waals surface area contributed by atoms with E-state index in [1.54, 1.807) is 11.8 Å². The van der Waals surface area contributed by atoms with Gasteiger partial charge in [0.25, 0.3) is 0 Å². The van der Waals surface area contributed by atoms with Crippen LogP contribution in [-0.4, -0.2) is 29.0 Å². The van der Waals surface area contributed by atoms with Gasteiger partial charge in [0.2, 0.25) is 5.16 Å². The summed E-state index contributed by atoms with van der Waals surface area (Å²) in [5.74, 6) is 1.71. The topological polar surface area (TPSA) is 37.2 Å². The molecule has 0 bridgehead atoms. The maximum atomic E-state index is 4.59. The smallest absolute Gasteiger partial charge is 0.216 e. The number of rotatable bonds is 3. The molecule has 3 aliphatic rings. The number of fused-ring (bicyclic) bond motifs is 3. The molecule has 0 radical (unpaired) electrons. The third-order valence-corrected chi connectivity index (χ3v) is 7.65. The minimum absolute atomic E-state index is 0.258. The molecule has 1 aromatic heterocycles. The predicted molar refractivity (Wildman–Crippen MR) is 109 cm³/mol. The van der Waals surface area contributed by atoms with Crippen LogP contribution < -0.4 is 9.91 Å². The van der Waals surface area contributed by atoms with Gasteiger partial charge in [0.05, 0.1) is 0 Å². The molecule has 7 heteroatoms. The average Bonchev–Trinajstić information content (AvgIpc) is 3.33. The van der Waals surface area contributed by atoms with Gasteiger partial charge in [0.15, 0.2) is 5.82 Å². The molecule has 2 aliphatic heterocycles. The fourth-order valence-electron chi connectivity index (χ4n) is 4.03. The molecule has 1 unspecified atom stereocenters. The van der Waals surface area contributed by atoms with E-state index in [0.29, 0.717) is 5.92 Å². The van der Waals surface area contributed by atoms with Crippen molar-refractivity contribution in [1.29, 1.82) is 0 Å². The van der Waals surface area contributed by atoms with Crippen molar-refractivity contribution in [2.24, 2.45) is 0 Å². The Morgan fingerprint density at radius 3 is 2.54 bits per heavy atom. The molecular formula is C19H23N5S2. The monoisotopic (exact) mass is 385 g/mol. The summed E-state index contributed by atoms with van der Waals surface area (Å²) in [5, 5.41) is 16.3. The van der Waals surface area contributed by atoms with Crippen LogP contribution in [0.15, 0.2) is 39.9 Å². The van der Waals surface area contributed by atoms with Crippen LogP contribution in [0.3, 0.4) is 0 Å². The molecule has 1 atom stereocenters. The summed E-state index contributed by atoms with van der Waals surface area (Å²) >= 11 is 3.62. The lowest BCUT2D eigenvalue weighted by molar-refractivity contribution is 0.411. The van der Waals surface area contributed by atoms with E-state index in [2.05, 4.69) is 68.6 Å². The number of anilines is 1. The number of nitrogens with zero attached hydrogens (tertiary/aromatic N) is 5. The molecule has 5 rings (SSSR count). The summed E-state index contributed by atoms with van der Waals surface area (Å²) in [4.78, 5) is 2.14. The fourth-order valence-corrected chi connectivity index (χ4v) is 6.27. The van der Waals surface area contributed by atoms with Crippen molar-refractivity contribution in [2.45, 2.75) is 48.6 Å². The van der Waals surface area contributed by atoms with Crippen molar-refractivity contribution in [1.82, 2.24) is 14.9 Å². The summed E-state index contributed by atoms with van der Waals surface area (Å²) in [6.45, 7) is 0. The zero-order valence-corrected chi connectivity index (χ0v) is 16.8. The fraction of sp³-hybridized carbons (Fsp3) is 0.474. The van der Waals surface area contributed by atoms with Crippen LogP contribution >= 0.6 is 23.5 Å². The number of hydrogen-bond donors (Lipinski definition) is 0. The van der Waals surface area contributed by atoms with Crippen LogP contribution in [-0.2, 0) is 0 Å². The molecule has 2 aromatic rings. The molecule has 0 saturated heterocycles. The number of aromatic nitrogens is 3. The molecule has 26 heavy (non-hydrogen) atoms. The molecule has 0 amide bonds. The molecule has 0 spiro atoms. The number of thioether (sulfide) groups is 2. The van der Waals surface area contributed by atoms with Gasteiger partial charge in [-0.1, -0.05) is 43.2 Å². The maximum Gasteiger partial charge on any atom is 0.216 e. The van der Waals surface area contributed by atoms with E-state index < -0.39 is 0 Å². The van der Waals surface area contributed by atoms with Crippen molar-refractivity contribution in [2.75, 3.05) is 24.0 Å². The quantitative estimate of drug-likeness (QED) is 0.764. The van der Waals surface area contributed by atoms with Crippen molar-refractivity contribution < 1.29 is 0 Å². The van der Waals surface area contributed by atoms with Gasteiger partial charge in [-0.3, -0.25) is 5.01 Å². The van der Waals surface area contributed by atoms with E-state index in [-0.39, 0.29) is 5.37 Å². The second-order valence-electron chi connectivity index (χ2n) is 7.36. The molecule has 5 nitrogen and oxygen atoms in total. The van der Waals surface area contributed by atoms with Gasteiger partial charge in [-0.15, -0.1) is 10.2 Å². The van der Waals surface area contributed by atoms with E-state index in [1.807, 2.05) is 11.8 Å². The lowest BCUT2D eigenvalue weighted by Gasteiger charge is -2.29. The predicted octanol–water partition coefficient (Wildman–Crippen LogP) is 4.68. The maximum absolute atomic E-state index is 4.59. The van der Waals surface area contributed by atoms with Crippen molar-refractivity contribution >= 4 is 29.2 Å². The Morgan fingerprint density at radius 2 is 1.81 bits per heavy atom. The summed E-state index contributed by atoms with van der Waals surface area (Å²) in [6, 6.07) is 8.90. The molecule has 136 valence electrons. The van der Waals surface area contributed by atoms with Crippen LogP contribution in [0.25, 0.3) is 0 Å². The van der Waals surface area contributed by atoms with Crippen molar-refractivity contribution in [3.05, 3.63) is 46.1 Å². The molecule has 3 heterocycles. The Morgan fingerprint density at radius 1 is 1.04 bits per heavy atom. The van der Waals surface area contributed by atoms with Crippen LogP contribution in [0.2, 0.25) is 0 Å².